The van der Waals surface area contributed by atoms with Crippen LogP contribution < -0.4 is 4.74 Å². The zero-order valence-electron chi connectivity index (χ0n) is 13.0. The fourth-order valence-electron chi connectivity index (χ4n) is 2.61. The number of halogens is 4. The molecule has 0 aliphatic carbocycles. The molecule has 1 heterocycles. The predicted molar refractivity (Wildman–Crippen MR) is 84.6 cm³/mol. The highest BCUT2D eigenvalue weighted by molar-refractivity contribution is 9.10. The molecule has 1 aliphatic heterocycles. The molecule has 1 amide bonds. The number of piperidine rings is 1. The van der Waals surface area contributed by atoms with E-state index >= 15 is 0 Å². The second-order valence-corrected chi connectivity index (χ2v) is 6.79. The molecule has 1 aromatic rings. The fraction of sp³-hybridized carbons (Fsp3) is 0.562. The van der Waals surface area contributed by atoms with E-state index in [1.165, 1.54) is 4.90 Å². The van der Waals surface area contributed by atoms with Crippen LogP contribution in [0.3, 0.4) is 0 Å². The summed E-state index contributed by atoms with van der Waals surface area (Å²) < 4.78 is 44.8. The highest BCUT2D eigenvalue weighted by Gasteiger charge is 2.42. The molecule has 1 fully saturated rings. The van der Waals surface area contributed by atoms with Gasteiger partial charge in [-0.2, -0.15) is 13.2 Å². The minimum atomic E-state index is -4.27. The Kier molecular flexibility index (Phi) is 5.60. The van der Waals surface area contributed by atoms with E-state index in [1.54, 1.807) is 18.2 Å². The second kappa shape index (κ2) is 7.11. The van der Waals surface area contributed by atoms with Gasteiger partial charge in [-0.05, 0) is 60.8 Å². The summed E-state index contributed by atoms with van der Waals surface area (Å²) in [7, 11) is 0. The summed E-state index contributed by atoms with van der Waals surface area (Å²) in [5.41, 5.74) is 0.325. The van der Waals surface area contributed by atoms with Gasteiger partial charge in [-0.15, -0.1) is 0 Å². The fourth-order valence-corrected chi connectivity index (χ4v) is 3.03. The van der Waals surface area contributed by atoms with Crippen molar-refractivity contribution >= 4 is 21.8 Å². The third kappa shape index (κ3) is 4.62. The third-order valence-electron chi connectivity index (χ3n) is 3.71. The van der Waals surface area contributed by atoms with Crippen LogP contribution in [-0.2, 0) is 0 Å². The average Bonchev–Trinajstić information content (AvgIpc) is 2.47. The molecule has 0 N–H and O–H groups in total. The van der Waals surface area contributed by atoms with Crippen LogP contribution in [0.2, 0.25) is 0 Å². The molecule has 0 aromatic heterocycles. The molecule has 7 heteroatoms. The number of alkyl halides is 3. The van der Waals surface area contributed by atoms with Crippen LogP contribution in [0.5, 0.6) is 5.75 Å². The molecule has 128 valence electrons. The summed E-state index contributed by atoms with van der Waals surface area (Å²) >= 11 is 3.29. The van der Waals surface area contributed by atoms with Crippen LogP contribution in [0.4, 0.5) is 13.2 Å². The van der Waals surface area contributed by atoms with Gasteiger partial charge in [-0.25, -0.2) is 0 Å². The standard InChI is InChI=1S/C16H19BrF3NO2/c1-10(2)23-12-5-6-14(17)13(8-12)15(22)21-7-3-4-11(9-21)16(18,19)20/h5-6,8,10-11H,3-4,7,9H2,1-2H3. The number of benzene rings is 1. The van der Waals surface area contributed by atoms with E-state index in [0.29, 0.717) is 28.8 Å². The molecule has 1 unspecified atom stereocenters. The molecule has 2 rings (SSSR count). The summed E-state index contributed by atoms with van der Waals surface area (Å²) in [6, 6.07) is 4.97. The number of amides is 1. The molecule has 0 radical (unpaired) electrons. The maximum Gasteiger partial charge on any atom is 0.393 e. The molecule has 23 heavy (non-hydrogen) atoms. The highest BCUT2D eigenvalue weighted by Crippen LogP contribution is 2.34. The highest BCUT2D eigenvalue weighted by atomic mass is 79.9. The average molecular weight is 394 g/mol. The summed E-state index contributed by atoms with van der Waals surface area (Å²) in [5, 5.41) is 0. The minimum absolute atomic E-state index is 0.0521. The lowest BCUT2D eigenvalue weighted by molar-refractivity contribution is -0.184. The van der Waals surface area contributed by atoms with E-state index in [9.17, 15) is 18.0 Å². The number of hydrogen-bond donors (Lipinski definition) is 0. The van der Waals surface area contributed by atoms with Crippen LogP contribution in [0.1, 0.15) is 37.0 Å². The molecule has 3 nitrogen and oxygen atoms in total. The van der Waals surface area contributed by atoms with Crippen molar-refractivity contribution in [2.45, 2.75) is 39.0 Å². The van der Waals surface area contributed by atoms with Gasteiger partial charge in [0.05, 0.1) is 17.6 Å². The van der Waals surface area contributed by atoms with Gasteiger partial charge in [0.1, 0.15) is 5.75 Å². The van der Waals surface area contributed by atoms with Crippen molar-refractivity contribution in [1.29, 1.82) is 0 Å². The normalized spacial score (nSPS) is 19.1. The van der Waals surface area contributed by atoms with Crippen molar-refractivity contribution in [2.24, 2.45) is 5.92 Å². The quantitative estimate of drug-likeness (QED) is 0.747. The van der Waals surface area contributed by atoms with Crippen LogP contribution in [0, 0.1) is 5.92 Å². The Morgan fingerprint density at radius 2 is 2.09 bits per heavy atom. The van der Waals surface area contributed by atoms with Gasteiger partial charge in [-0.1, -0.05) is 0 Å². The number of hydrogen-bond acceptors (Lipinski definition) is 2. The van der Waals surface area contributed by atoms with Gasteiger partial charge < -0.3 is 9.64 Å². The Bertz CT molecular complexity index is 575. The van der Waals surface area contributed by atoms with Crippen LogP contribution in [-0.4, -0.2) is 36.2 Å². The molecule has 1 atom stereocenters. The molecule has 1 aromatic carbocycles. The summed E-state index contributed by atoms with van der Waals surface area (Å²) in [6.45, 7) is 3.78. The van der Waals surface area contributed by atoms with Crippen molar-refractivity contribution in [2.75, 3.05) is 13.1 Å². The van der Waals surface area contributed by atoms with E-state index in [1.807, 2.05) is 13.8 Å². The Labute approximate surface area is 141 Å². The molecule has 0 bridgehead atoms. The smallest absolute Gasteiger partial charge is 0.393 e. The lowest BCUT2D eigenvalue weighted by atomic mass is 9.97. The van der Waals surface area contributed by atoms with Crippen molar-refractivity contribution in [3.63, 3.8) is 0 Å². The molecular weight excluding hydrogens is 375 g/mol. The van der Waals surface area contributed by atoms with Gasteiger partial charge in [-0.3, -0.25) is 4.79 Å². The SMILES string of the molecule is CC(C)Oc1ccc(Br)c(C(=O)N2CCCC(C(F)(F)F)C2)c1. The van der Waals surface area contributed by atoms with Gasteiger partial charge >= 0.3 is 6.18 Å². The molecule has 0 spiro atoms. The maximum atomic E-state index is 12.9. The monoisotopic (exact) mass is 393 g/mol. The first-order valence-corrected chi connectivity index (χ1v) is 8.30. The van der Waals surface area contributed by atoms with Crippen molar-refractivity contribution < 1.29 is 22.7 Å². The number of rotatable bonds is 3. The molecular formula is C16H19BrF3NO2. The summed E-state index contributed by atoms with van der Waals surface area (Å²) in [6.07, 6.45) is -3.89. The molecule has 0 saturated carbocycles. The van der Waals surface area contributed by atoms with E-state index in [4.69, 9.17) is 4.74 Å². The Morgan fingerprint density at radius 3 is 2.70 bits per heavy atom. The van der Waals surface area contributed by atoms with Crippen molar-refractivity contribution in [3.8, 4) is 5.75 Å². The number of likely N-dealkylation sites (tertiary alicyclic amines) is 1. The number of carbonyl (C=O) groups excluding carboxylic acids is 1. The summed E-state index contributed by atoms with van der Waals surface area (Å²) in [5.74, 6) is -1.33. The van der Waals surface area contributed by atoms with Crippen LogP contribution >= 0.6 is 15.9 Å². The number of carbonyl (C=O) groups is 1. The Balaban J connectivity index is 2.19. The number of ether oxygens (including phenoxy) is 1. The topological polar surface area (TPSA) is 29.5 Å². The lowest BCUT2D eigenvalue weighted by Gasteiger charge is -2.34. The van der Waals surface area contributed by atoms with E-state index in [0.717, 1.165) is 0 Å². The molecule has 1 aliphatic rings. The van der Waals surface area contributed by atoms with Gasteiger partial charge in [0, 0.05) is 17.6 Å². The van der Waals surface area contributed by atoms with E-state index in [2.05, 4.69) is 15.9 Å². The Hall–Kier alpha value is -1.24. The van der Waals surface area contributed by atoms with Crippen molar-refractivity contribution in [3.05, 3.63) is 28.2 Å². The third-order valence-corrected chi connectivity index (χ3v) is 4.40. The zero-order valence-corrected chi connectivity index (χ0v) is 14.6. The van der Waals surface area contributed by atoms with Crippen molar-refractivity contribution in [1.82, 2.24) is 4.90 Å². The Morgan fingerprint density at radius 1 is 1.39 bits per heavy atom. The summed E-state index contributed by atoms with van der Waals surface area (Å²) in [4.78, 5) is 13.9. The lowest BCUT2D eigenvalue weighted by Crippen LogP contribution is -2.44. The largest absolute Gasteiger partial charge is 0.491 e. The minimum Gasteiger partial charge on any atom is -0.491 e. The first-order chi connectivity index (χ1) is 10.7. The first-order valence-electron chi connectivity index (χ1n) is 7.50. The van der Waals surface area contributed by atoms with Gasteiger partial charge in [0.15, 0.2) is 0 Å². The second-order valence-electron chi connectivity index (χ2n) is 5.94. The first kappa shape index (κ1) is 18.1. The van der Waals surface area contributed by atoms with Crippen LogP contribution in [0.25, 0.3) is 0 Å². The van der Waals surface area contributed by atoms with Gasteiger partial charge in [0.25, 0.3) is 5.91 Å². The van der Waals surface area contributed by atoms with Gasteiger partial charge in [0.2, 0.25) is 0 Å². The van der Waals surface area contributed by atoms with E-state index < -0.39 is 18.0 Å². The van der Waals surface area contributed by atoms with E-state index in [-0.39, 0.29) is 19.1 Å². The number of nitrogens with zero attached hydrogens (tertiary/aromatic N) is 1. The molecule has 1 saturated heterocycles. The predicted octanol–water partition coefficient (Wildman–Crippen LogP) is 4.65. The van der Waals surface area contributed by atoms with Crippen LogP contribution in [0.15, 0.2) is 22.7 Å². The maximum absolute atomic E-state index is 12.9. The zero-order chi connectivity index (χ0) is 17.2.